The number of pyridine rings is 1. The molecule has 0 aliphatic carbocycles. The van der Waals surface area contributed by atoms with Crippen LogP contribution >= 0.6 is 0 Å². The lowest BCUT2D eigenvalue weighted by Crippen LogP contribution is -2.29. The summed E-state index contributed by atoms with van der Waals surface area (Å²) in [5.41, 5.74) is 6.89. The molecule has 0 bridgehead atoms. The number of aryl methyl sites for hydroxylation is 1. The number of hydrogen-bond donors (Lipinski definition) is 1. The van der Waals surface area contributed by atoms with Gasteiger partial charge in [-0.25, -0.2) is 4.98 Å². The van der Waals surface area contributed by atoms with Crippen molar-refractivity contribution in [1.29, 1.82) is 0 Å². The molecule has 1 atom stereocenters. The van der Waals surface area contributed by atoms with Gasteiger partial charge in [0.25, 0.3) is 0 Å². The van der Waals surface area contributed by atoms with Crippen LogP contribution in [0, 0.1) is 0 Å². The van der Waals surface area contributed by atoms with Crippen LogP contribution in [0.1, 0.15) is 24.4 Å². The molecular weight excluding hydrogens is 396 g/mol. The lowest BCUT2D eigenvalue weighted by atomic mass is 9.82. The fourth-order valence-electron chi connectivity index (χ4n) is 5.61. The minimum absolute atomic E-state index is 0.196. The summed E-state index contributed by atoms with van der Waals surface area (Å²) in [6.07, 6.45) is 4.30. The van der Waals surface area contributed by atoms with Crippen molar-refractivity contribution in [3.05, 3.63) is 78.4 Å². The summed E-state index contributed by atoms with van der Waals surface area (Å²) in [4.78, 5) is 15.4. The number of nitrogens with one attached hydrogen (secondary N) is 1. The van der Waals surface area contributed by atoms with Gasteiger partial charge in [-0.15, -0.1) is 0 Å². The summed E-state index contributed by atoms with van der Waals surface area (Å²) in [6.45, 7) is 4.01. The van der Waals surface area contributed by atoms with E-state index in [4.69, 9.17) is 10.1 Å². The maximum atomic E-state index is 4.96. The van der Waals surface area contributed by atoms with Crippen molar-refractivity contribution in [3.8, 4) is 11.3 Å². The largest absolute Gasteiger partial charge is 0.341 e. The molecule has 1 fully saturated rings. The van der Waals surface area contributed by atoms with Crippen molar-refractivity contribution in [1.82, 2.24) is 29.6 Å². The van der Waals surface area contributed by atoms with Crippen molar-refractivity contribution in [3.63, 3.8) is 0 Å². The first-order valence-corrected chi connectivity index (χ1v) is 11.4. The van der Waals surface area contributed by atoms with Crippen LogP contribution in [0.2, 0.25) is 0 Å². The number of likely N-dealkylation sites (tertiary alicyclic amines) is 1. The number of H-pyrrole nitrogens is 1. The minimum Gasteiger partial charge on any atom is -0.341 e. The van der Waals surface area contributed by atoms with Gasteiger partial charge in [-0.05, 0) is 49.7 Å². The molecule has 3 aromatic heterocycles. The maximum Gasteiger partial charge on any atom is 0.121 e. The molecule has 1 saturated heterocycles. The van der Waals surface area contributed by atoms with Gasteiger partial charge in [-0.1, -0.05) is 30.3 Å². The zero-order valence-corrected chi connectivity index (χ0v) is 17.8. The van der Waals surface area contributed by atoms with Crippen LogP contribution in [-0.4, -0.2) is 42.7 Å². The summed E-state index contributed by atoms with van der Waals surface area (Å²) in [5.74, 6) is 1.05. The zero-order chi connectivity index (χ0) is 21.1. The summed E-state index contributed by atoms with van der Waals surface area (Å²) in [5, 5.41) is 6.12. The van der Waals surface area contributed by atoms with E-state index in [1.807, 2.05) is 18.3 Å². The first kappa shape index (κ1) is 18.1. The maximum absolute atomic E-state index is 4.96. The molecule has 1 spiro atoms. The highest BCUT2D eigenvalue weighted by molar-refractivity contribution is 5.82. The minimum atomic E-state index is 0.196. The molecule has 2 aliphatic rings. The van der Waals surface area contributed by atoms with E-state index in [0.717, 1.165) is 65.2 Å². The Morgan fingerprint density at radius 3 is 2.72 bits per heavy atom. The Hall–Kier alpha value is -3.51. The van der Waals surface area contributed by atoms with Gasteiger partial charge in [0.2, 0.25) is 0 Å². The second kappa shape index (κ2) is 6.74. The van der Waals surface area contributed by atoms with Crippen LogP contribution in [0.4, 0.5) is 0 Å². The quantitative estimate of drug-likeness (QED) is 0.466. The highest BCUT2D eigenvalue weighted by Gasteiger charge is 2.45. The van der Waals surface area contributed by atoms with Crippen molar-refractivity contribution in [2.45, 2.75) is 31.3 Å². The number of rotatable bonds is 3. The monoisotopic (exact) mass is 420 g/mol. The number of imidazole rings is 1. The fraction of sp³-hybridized carbons (Fsp3) is 0.269. The van der Waals surface area contributed by atoms with Crippen LogP contribution < -0.4 is 0 Å². The van der Waals surface area contributed by atoms with E-state index in [1.54, 1.807) is 0 Å². The van der Waals surface area contributed by atoms with E-state index >= 15 is 0 Å². The van der Waals surface area contributed by atoms with Crippen molar-refractivity contribution in [2.75, 3.05) is 13.1 Å². The number of fused-ring (bicyclic) bond motifs is 4. The molecule has 158 valence electrons. The number of para-hydroxylation sites is 3. The highest BCUT2D eigenvalue weighted by Crippen LogP contribution is 2.44. The summed E-state index contributed by atoms with van der Waals surface area (Å²) in [7, 11) is 0. The van der Waals surface area contributed by atoms with E-state index in [9.17, 15) is 0 Å². The van der Waals surface area contributed by atoms with Crippen LogP contribution in [-0.2, 0) is 18.5 Å². The fourth-order valence-corrected chi connectivity index (χ4v) is 5.61. The van der Waals surface area contributed by atoms with Crippen molar-refractivity contribution in [2.24, 2.45) is 0 Å². The number of aromatic amines is 1. The third-order valence-corrected chi connectivity index (χ3v) is 7.26. The third kappa shape index (κ3) is 2.79. The molecule has 0 amide bonds. The standard InChI is InChI=1S/C26H24N6/c1-2-6-20-18(5-1)13-19(15-27-20)23-14-24-26(10-12-32(24)30-23)9-11-31(17-26)16-25-28-21-7-3-4-8-22(21)29-25/h1-8,13-15H,9-12,16-17H2,(H,28,29). The van der Waals surface area contributed by atoms with E-state index in [2.05, 4.69) is 68.1 Å². The zero-order valence-electron chi connectivity index (χ0n) is 17.8. The van der Waals surface area contributed by atoms with Crippen LogP contribution in [0.15, 0.2) is 66.9 Å². The lowest BCUT2D eigenvalue weighted by Gasteiger charge is -2.23. The van der Waals surface area contributed by atoms with Crippen molar-refractivity contribution < 1.29 is 0 Å². The Labute approximate surface area is 185 Å². The normalized spacial score (nSPS) is 20.6. The van der Waals surface area contributed by atoms with Gasteiger partial charge < -0.3 is 4.98 Å². The molecule has 6 heteroatoms. The Balaban J connectivity index is 1.16. The van der Waals surface area contributed by atoms with Crippen LogP contribution in [0.5, 0.6) is 0 Å². The smallest absolute Gasteiger partial charge is 0.121 e. The second-order valence-corrected chi connectivity index (χ2v) is 9.25. The predicted octanol–water partition coefficient (Wildman–Crippen LogP) is 4.52. The highest BCUT2D eigenvalue weighted by atomic mass is 15.3. The molecule has 7 rings (SSSR count). The van der Waals surface area contributed by atoms with Crippen LogP contribution in [0.25, 0.3) is 33.2 Å². The van der Waals surface area contributed by atoms with Crippen molar-refractivity contribution >= 4 is 21.9 Å². The number of hydrogen-bond acceptors (Lipinski definition) is 4. The molecule has 1 unspecified atom stereocenters. The predicted molar refractivity (Wildman–Crippen MR) is 125 cm³/mol. The van der Waals surface area contributed by atoms with E-state index < -0.39 is 0 Å². The molecule has 5 aromatic rings. The Morgan fingerprint density at radius 1 is 0.938 bits per heavy atom. The first-order valence-electron chi connectivity index (χ1n) is 11.4. The average molecular weight is 421 g/mol. The summed E-state index contributed by atoms with van der Waals surface area (Å²) in [6, 6.07) is 21.0. The Bertz CT molecular complexity index is 1430. The number of benzene rings is 2. The first-order chi connectivity index (χ1) is 15.8. The van der Waals surface area contributed by atoms with Gasteiger partial charge in [-0.2, -0.15) is 5.10 Å². The molecule has 6 nitrogen and oxygen atoms in total. The molecule has 0 saturated carbocycles. The molecule has 2 aliphatic heterocycles. The summed E-state index contributed by atoms with van der Waals surface area (Å²) < 4.78 is 2.23. The molecular formula is C26H24N6. The van der Waals surface area contributed by atoms with Gasteiger partial charge in [0.05, 0.1) is 28.8 Å². The van der Waals surface area contributed by atoms with Gasteiger partial charge in [0, 0.05) is 41.3 Å². The number of aromatic nitrogens is 5. The lowest BCUT2D eigenvalue weighted by molar-refractivity contribution is 0.296. The Kier molecular flexibility index (Phi) is 3.81. The van der Waals surface area contributed by atoms with Gasteiger partial charge in [0.15, 0.2) is 0 Å². The Morgan fingerprint density at radius 2 is 1.78 bits per heavy atom. The number of nitrogens with zero attached hydrogens (tertiary/aromatic N) is 5. The van der Waals surface area contributed by atoms with E-state index in [-0.39, 0.29) is 5.41 Å². The van der Waals surface area contributed by atoms with Gasteiger partial charge >= 0.3 is 0 Å². The molecule has 2 aromatic carbocycles. The molecule has 0 radical (unpaired) electrons. The van der Waals surface area contributed by atoms with Crippen LogP contribution in [0.3, 0.4) is 0 Å². The second-order valence-electron chi connectivity index (χ2n) is 9.25. The molecule has 5 heterocycles. The van der Waals surface area contributed by atoms with Gasteiger partial charge in [-0.3, -0.25) is 14.6 Å². The van der Waals surface area contributed by atoms with E-state index in [0.29, 0.717) is 0 Å². The van der Waals surface area contributed by atoms with E-state index in [1.165, 1.54) is 18.5 Å². The average Bonchev–Trinajstić information content (AvgIpc) is 3.59. The molecule has 1 N–H and O–H groups in total. The topological polar surface area (TPSA) is 62.6 Å². The molecule has 32 heavy (non-hydrogen) atoms. The van der Waals surface area contributed by atoms with Gasteiger partial charge in [0.1, 0.15) is 5.82 Å². The third-order valence-electron chi connectivity index (χ3n) is 7.26. The SMILES string of the molecule is c1ccc2ncc(-c3cc4n(n3)CCC43CCN(Cc4nc5ccccc5[nH]4)C3)cc2c1. The summed E-state index contributed by atoms with van der Waals surface area (Å²) >= 11 is 0.